The molecule has 3 saturated heterocycles. The largest absolute Gasteiger partial charge is 0.480 e. The van der Waals surface area contributed by atoms with Crippen LogP contribution in [-0.2, 0) is 62.1 Å². The number of hydrogen-bond donors (Lipinski definition) is 10. The number of carboxylic acids is 1. The number of ether oxygens (including phenoxy) is 4. The lowest BCUT2D eigenvalue weighted by molar-refractivity contribution is -0.354. The molecule has 20 atom stereocenters. The van der Waals surface area contributed by atoms with Gasteiger partial charge in [-0.15, -0.1) is 0 Å². The van der Waals surface area contributed by atoms with Gasteiger partial charge in [-0.25, -0.2) is 0 Å². The fourth-order valence-electron chi connectivity index (χ4n) is 10.3. The van der Waals surface area contributed by atoms with E-state index >= 15 is 0 Å². The van der Waals surface area contributed by atoms with E-state index in [0.29, 0.717) is 12.8 Å². The number of rotatable bonds is 31. The molecule has 0 aromatic rings. The van der Waals surface area contributed by atoms with Crippen LogP contribution >= 0.6 is 0 Å². The molecule has 0 radical (unpaired) electrons. The van der Waals surface area contributed by atoms with E-state index in [1.807, 2.05) is 0 Å². The van der Waals surface area contributed by atoms with Crippen LogP contribution in [0.2, 0.25) is 0 Å². The molecule has 0 aromatic carbocycles. The van der Waals surface area contributed by atoms with E-state index in [1.54, 1.807) is 76.2 Å². The van der Waals surface area contributed by atoms with Crippen LogP contribution in [0.5, 0.6) is 0 Å². The molecule has 0 spiro atoms. The van der Waals surface area contributed by atoms with Gasteiger partial charge in [0.2, 0.25) is 23.6 Å². The summed E-state index contributed by atoms with van der Waals surface area (Å²) in [6.45, 7) is 21.9. The molecule has 3 heterocycles. The highest BCUT2D eigenvalue weighted by atomic mass is 16.7. The second-order valence-corrected chi connectivity index (χ2v) is 23.9. The summed E-state index contributed by atoms with van der Waals surface area (Å²) in [6.07, 6.45) is -14.3. The Hall–Kier alpha value is -4.37. The number of nitrogens with zero attached hydrogens (tertiary/aromatic N) is 1. The molecule has 0 aliphatic carbocycles. The third-order valence-electron chi connectivity index (χ3n) is 16.3. The summed E-state index contributed by atoms with van der Waals surface area (Å²) < 4.78 is 23.5. The van der Waals surface area contributed by atoms with Gasteiger partial charge in [0.15, 0.2) is 29.9 Å². The zero-order chi connectivity index (χ0) is 60.9. The van der Waals surface area contributed by atoms with E-state index in [0.717, 1.165) is 0 Å². The van der Waals surface area contributed by atoms with Crippen LogP contribution in [0.15, 0.2) is 0 Å². The Balaban J connectivity index is 1.62. The minimum atomic E-state index is -1.78. The van der Waals surface area contributed by atoms with E-state index in [2.05, 4.69) is 16.0 Å². The molecule has 0 bridgehead atoms. The Labute approximate surface area is 470 Å². The number of aliphatic carboxylic acids is 1. The van der Waals surface area contributed by atoms with Gasteiger partial charge in [0.1, 0.15) is 48.4 Å². The van der Waals surface area contributed by atoms with Crippen LogP contribution in [-0.4, -0.2) is 199 Å². The van der Waals surface area contributed by atoms with Crippen molar-refractivity contribution in [1.82, 2.24) is 20.9 Å². The lowest BCUT2D eigenvalue weighted by Crippen LogP contribution is -2.63. The maximum atomic E-state index is 14.3. The SMILES string of the molecule is CC(CC(=O)[C@@H]1CCCN1C(=O)C(CC(=O)[C@@H](C)C(C)O[C@H]1OC(CO)[C@H](O)[C@H](O[C@@H]2OC(CO)[C@H](O)[C@H](O)C2O)C1C)C(C)C)C(=O)N[C@@H](C)C(=O)CC(C(=O)N[C@H](C(=O)CC(C(=O)N[C@@H](C)C(=O)O)C(C)C)C(C)C)C(C)C. The van der Waals surface area contributed by atoms with Gasteiger partial charge in [-0.3, -0.25) is 43.2 Å². The number of carbonyl (C=O) groups is 9. The Bertz CT molecular complexity index is 2120. The highest BCUT2D eigenvalue weighted by molar-refractivity contribution is 5.98. The molecular formula is C56H94N4O20. The topological polar surface area (TPSA) is 371 Å². The van der Waals surface area contributed by atoms with E-state index in [9.17, 15) is 78.9 Å². The predicted molar refractivity (Wildman–Crippen MR) is 286 cm³/mol. The van der Waals surface area contributed by atoms with Crippen molar-refractivity contribution >= 4 is 52.7 Å². The minimum Gasteiger partial charge on any atom is -0.480 e. The highest BCUT2D eigenvalue weighted by Crippen LogP contribution is 2.35. The zero-order valence-corrected chi connectivity index (χ0v) is 49.1. The van der Waals surface area contributed by atoms with Gasteiger partial charge < -0.3 is 75.5 Å². The van der Waals surface area contributed by atoms with Crippen molar-refractivity contribution in [3.63, 3.8) is 0 Å². The lowest BCUT2D eigenvalue weighted by atomic mass is 9.84. The molecule has 10 N–H and O–H groups in total. The molecule has 80 heavy (non-hydrogen) atoms. The second kappa shape index (κ2) is 31.3. The van der Waals surface area contributed by atoms with Gasteiger partial charge in [0.25, 0.3) is 0 Å². The number of aliphatic hydroxyl groups excluding tert-OH is 6. The Kier molecular flexibility index (Phi) is 27.4. The first-order valence-electron chi connectivity index (χ1n) is 28.3. The standard InChI is InChI=1S/C56H94N4O20/c1-24(2)34(52(73)59-44(27(7)8)41(66)20-35(25(3)4)51(72)58-32(13)54(75)76)19-39(64)31(12)57-50(71)28(9)18-40(65)37-16-15-17-60(37)53(74)36(26(5)6)21-38(63)29(10)33(14)77-55-30(11)49(46(68)43(23-62)78-55)80-56-48(70)47(69)45(67)42(22-61)79-56/h24-37,42-49,55-56,61-62,67-70H,15-23H2,1-14H3,(H,57,71)(H,58,72)(H,59,73)(H,75,76)/t28?,29-,30?,31-,32-,33?,34?,35?,36?,37-,42?,43?,44-,45-,46-,47-,48?,49+,55-,56-/m0/s1. The summed E-state index contributed by atoms with van der Waals surface area (Å²) in [5, 5.41) is 79.1. The van der Waals surface area contributed by atoms with Crippen LogP contribution in [0.1, 0.15) is 135 Å². The van der Waals surface area contributed by atoms with Crippen molar-refractivity contribution in [3.8, 4) is 0 Å². The number of likely N-dealkylation sites (tertiary alicyclic amines) is 1. The smallest absolute Gasteiger partial charge is 0.325 e. The molecule has 4 amide bonds. The first-order chi connectivity index (χ1) is 37.2. The summed E-state index contributed by atoms with van der Waals surface area (Å²) in [5.41, 5.74) is 0. The lowest BCUT2D eigenvalue weighted by Gasteiger charge is -2.47. The zero-order valence-electron chi connectivity index (χ0n) is 49.1. The molecular weight excluding hydrogens is 1050 g/mol. The van der Waals surface area contributed by atoms with E-state index in [4.69, 9.17) is 18.9 Å². The number of amides is 4. The third-order valence-corrected chi connectivity index (χ3v) is 16.3. The average Bonchev–Trinajstić information content (AvgIpc) is 3.89. The maximum absolute atomic E-state index is 14.3. The fourth-order valence-corrected chi connectivity index (χ4v) is 10.3. The quantitative estimate of drug-likeness (QED) is 0.0450. The van der Waals surface area contributed by atoms with Gasteiger partial charge in [0, 0.05) is 67.7 Å². The van der Waals surface area contributed by atoms with Gasteiger partial charge in [0.05, 0.1) is 43.5 Å². The molecule has 9 unspecified atom stereocenters. The van der Waals surface area contributed by atoms with E-state index in [1.165, 1.54) is 25.7 Å². The van der Waals surface area contributed by atoms with Crippen molar-refractivity contribution in [2.45, 2.75) is 221 Å². The molecule has 24 heteroatoms. The normalized spacial score (nSPS) is 28.8. The number of carboxylic acid groups (broad SMARTS) is 1. The Morgan fingerprint density at radius 2 is 1.07 bits per heavy atom. The van der Waals surface area contributed by atoms with Crippen LogP contribution in [0.4, 0.5) is 0 Å². The second-order valence-electron chi connectivity index (χ2n) is 23.9. The highest BCUT2D eigenvalue weighted by Gasteiger charge is 2.51. The Morgan fingerprint density at radius 1 is 0.575 bits per heavy atom. The van der Waals surface area contributed by atoms with E-state index in [-0.39, 0.29) is 61.5 Å². The summed E-state index contributed by atoms with van der Waals surface area (Å²) in [4.78, 5) is 123. The molecule has 3 aliphatic heterocycles. The number of carbonyl (C=O) groups excluding carboxylic acids is 8. The Morgan fingerprint density at radius 3 is 1.60 bits per heavy atom. The molecule has 3 fully saturated rings. The van der Waals surface area contributed by atoms with Crippen molar-refractivity contribution in [2.75, 3.05) is 19.8 Å². The first kappa shape index (κ1) is 69.9. The van der Waals surface area contributed by atoms with Gasteiger partial charge in [-0.2, -0.15) is 0 Å². The van der Waals surface area contributed by atoms with Crippen molar-refractivity contribution in [2.24, 2.45) is 59.2 Å². The molecule has 0 aromatic heterocycles. The number of hydrogen-bond acceptors (Lipinski definition) is 19. The average molecular weight is 1140 g/mol. The molecule has 0 saturated carbocycles. The summed E-state index contributed by atoms with van der Waals surface area (Å²) in [5.74, 6) is -11.7. The van der Waals surface area contributed by atoms with E-state index < -0.39 is 181 Å². The fraction of sp³-hybridized carbons (Fsp3) is 0.839. The van der Waals surface area contributed by atoms with Crippen LogP contribution in [0.3, 0.4) is 0 Å². The number of ketones is 4. The number of aliphatic hydroxyl groups is 6. The number of nitrogens with one attached hydrogen (secondary N) is 3. The van der Waals surface area contributed by atoms with Gasteiger partial charge in [-0.1, -0.05) is 76.2 Å². The van der Waals surface area contributed by atoms with Crippen molar-refractivity contribution in [3.05, 3.63) is 0 Å². The van der Waals surface area contributed by atoms with Crippen molar-refractivity contribution in [1.29, 1.82) is 0 Å². The predicted octanol–water partition coefficient (Wildman–Crippen LogP) is 0.442. The summed E-state index contributed by atoms with van der Waals surface area (Å²) in [7, 11) is 0. The molecule has 3 rings (SSSR count). The van der Waals surface area contributed by atoms with Crippen LogP contribution in [0.25, 0.3) is 0 Å². The van der Waals surface area contributed by atoms with Crippen LogP contribution < -0.4 is 16.0 Å². The van der Waals surface area contributed by atoms with Crippen molar-refractivity contribution < 1.29 is 97.8 Å². The monoisotopic (exact) mass is 1140 g/mol. The first-order valence-corrected chi connectivity index (χ1v) is 28.3. The third kappa shape index (κ3) is 18.3. The van der Waals surface area contributed by atoms with Gasteiger partial charge >= 0.3 is 5.97 Å². The maximum Gasteiger partial charge on any atom is 0.325 e. The molecule has 24 nitrogen and oxygen atoms in total. The number of Topliss-reactive ketones (excluding diaryl/α,β-unsaturated/α-hetero) is 4. The van der Waals surface area contributed by atoms with Crippen LogP contribution in [0, 0.1) is 59.2 Å². The molecule has 3 aliphatic rings. The van der Waals surface area contributed by atoms with Gasteiger partial charge in [-0.05, 0) is 57.3 Å². The summed E-state index contributed by atoms with van der Waals surface area (Å²) >= 11 is 0. The summed E-state index contributed by atoms with van der Waals surface area (Å²) in [6, 6.07) is -4.13. The minimum absolute atomic E-state index is 0.207. The molecule has 458 valence electrons.